The molecule has 3 aromatic heterocycles. The largest absolute Gasteiger partial charge is 0.495 e. The summed E-state index contributed by atoms with van der Waals surface area (Å²) in [6.07, 6.45) is 1.58. The van der Waals surface area contributed by atoms with E-state index in [1.165, 1.54) is 11.5 Å². The molecule has 2 aromatic carbocycles. The number of aryl methyl sites for hydroxylation is 3. The third kappa shape index (κ3) is 3.46. The highest BCUT2D eigenvalue weighted by molar-refractivity contribution is 7.01. The first-order chi connectivity index (χ1) is 16.3. The molecule has 9 heteroatoms. The lowest BCUT2D eigenvalue weighted by Crippen LogP contribution is -2.57. The Morgan fingerprint density at radius 2 is 1.88 bits per heavy atom. The molecule has 172 valence electrons. The number of benzene rings is 2. The van der Waals surface area contributed by atoms with Crippen LogP contribution in [0.1, 0.15) is 21.8 Å². The van der Waals surface area contributed by atoms with Crippen LogP contribution in [-0.2, 0) is 12.8 Å². The Bertz CT molecular complexity index is 1520. The van der Waals surface area contributed by atoms with Crippen LogP contribution in [0.25, 0.3) is 22.0 Å². The molecule has 0 aliphatic heterocycles. The number of hydrogen-bond donors (Lipinski definition) is 1. The number of pyridine rings is 1. The number of fused-ring (bicyclic) bond motifs is 1. The van der Waals surface area contributed by atoms with Gasteiger partial charge in [0.05, 0.1) is 34.8 Å². The molecule has 7 nitrogen and oxygen atoms in total. The number of hydrogen-bond acceptors (Lipinski definition) is 6. The molecule has 0 radical (unpaired) electrons. The number of nitrogens with zero attached hydrogens (tertiary/aromatic N) is 5. The third-order valence-electron chi connectivity index (χ3n) is 5.90. The van der Waals surface area contributed by atoms with E-state index in [0.717, 1.165) is 21.5 Å². The standard InChI is InChI=1S/C25H23ClN5O2S/c1-15-12-16(2)34-31(15)25(32,21-14-27-29-30(21)3)18-10-11-20-19(13-18)23(33-4)22(24(26)28-20)17-8-6-5-7-9-17/h5-14,32H,1-4H3/q+1. The molecule has 0 amide bonds. The van der Waals surface area contributed by atoms with E-state index in [9.17, 15) is 5.11 Å². The summed E-state index contributed by atoms with van der Waals surface area (Å²) in [4.78, 5) is 5.70. The summed E-state index contributed by atoms with van der Waals surface area (Å²) in [7, 11) is 3.38. The molecular formula is C25H23ClN5O2S+. The fourth-order valence-electron chi connectivity index (χ4n) is 4.38. The maximum Gasteiger partial charge on any atom is 0.355 e. The second-order valence-corrected chi connectivity index (χ2v) is 9.66. The second kappa shape index (κ2) is 8.47. The van der Waals surface area contributed by atoms with Gasteiger partial charge in [0.2, 0.25) is 0 Å². The molecule has 0 saturated carbocycles. The first-order valence-electron chi connectivity index (χ1n) is 10.6. The molecule has 3 heterocycles. The van der Waals surface area contributed by atoms with E-state index in [0.29, 0.717) is 33.2 Å². The first-order valence-corrected chi connectivity index (χ1v) is 11.8. The maximum atomic E-state index is 12.3. The van der Waals surface area contributed by atoms with Gasteiger partial charge in [-0.3, -0.25) is 0 Å². The summed E-state index contributed by atoms with van der Waals surface area (Å²) in [6.45, 7) is 3.98. The van der Waals surface area contributed by atoms with Crippen molar-refractivity contribution < 1.29 is 13.8 Å². The second-order valence-electron chi connectivity index (χ2n) is 8.11. The highest BCUT2D eigenvalue weighted by Gasteiger charge is 2.48. The summed E-state index contributed by atoms with van der Waals surface area (Å²) in [5.74, 6) is 0.595. The van der Waals surface area contributed by atoms with Crippen LogP contribution in [0.15, 0.2) is 60.8 Å². The number of aliphatic hydroxyl groups is 1. The van der Waals surface area contributed by atoms with Crippen LogP contribution in [0.5, 0.6) is 5.75 Å². The van der Waals surface area contributed by atoms with Gasteiger partial charge in [-0.05, 0) is 30.7 Å². The van der Waals surface area contributed by atoms with Gasteiger partial charge in [-0.2, -0.15) is 0 Å². The Kier molecular flexibility index (Phi) is 5.59. The number of rotatable bonds is 5. The SMILES string of the molecule is COc1c(-c2ccccc2)c(Cl)nc2ccc(C(O)(c3cnnn3C)[n+]3sc(C)cc3C)cc12. The van der Waals surface area contributed by atoms with E-state index in [2.05, 4.69) is 15.3 Å². The Morgan fingerprint density at radius 1 is 1.12 bits per heavy atom. The van der Waals surface area contributed by atoms with E-state index in [1.807, 2.05) is 72.4 Å². The van der Waals surface area contributed by atoms with Gasteiger partial charge in [-0.25, -0.2) is 9.67 Å². The van der Waals surface area contributed by atoms with Crippen LogP contribution in [0.3, 0.4) is 0 Å². The van der Waals surface area contributed by atoms with Crippen molar-refractivity contribution in [1.82, 2.24) is 20.0 Å². The normalized spacial score (nSPS) is 13.2. The van der Waals surface area contributed by atoms with Crippen molar-refractivity contribution in [3.63, 3.8) is 0 Å². The van der Waals surface area contributed by atoms with Gasteiger partial charge in [-0.1, -0.05) is 51.1 Å². The first kappa shape index (κ1) is 22.5. The Hall–Kier alpha value is -3.33. The van der Waals surface area contributed by atoms with E-state index in [-0.39, 0.29) is 0 Å². The number of ether oxygens (including phenoxy) is 1. The minimum atomic E-state index is -1.55. The lowest BCUT2D eigenvalue weighted by molar-refractivity contribution is -0.732. The molecular weight excluding hydrogens is 470 g/mol. The maximum absolute atomic E-state index is 12.3. The lowest BCUT2D eigenvalue weighted by atomic mass is 9.96. The molecule has 0 spiro atoms. The van der Waals surface area contributed by atoms with Gasteiger partial charge < -0.3 is 9.84 Å². The fraction of sp³-hybridized carbons (Fsp3) is 0.200. The highest BCUT2D eigenvalue weighted by Crippen LogP contribution is 2.42. The molecule has 1 atom stereocenters. The molecule has 5 aromatic rings. The Morgan fingerprint density at radius 3 is 2.50 bits per heavy atom. The summed E-state index contributed by atoms with van der Waals surface area (Å²) in [5, 5.41) is 21.5. The fourth-order valence-corrected chi connectivity index (χ4v) is 5.71. The summed E-state index contributed by atoms with van der Waals surface area (Å²) in [6, 6.07) is 17.4. The smallest absolute Gasteiger partial charge is 0.355 e. The minimum Gasteiger partial charge on any atom is -0.495 e. The van der Waals surface area contributed by atoms with Crippen molar-refractivity contribution in [2.24, 2.45) is 7.05 Å². The average molecular weight is 493 g/mol. The van der Waals surface area contributed by atoms with Gasteiger partial charge in [0, 0.05) is 25.4 Å². The number of aromatic nitrogens is 5. The number of methoxy groups -OCH3 is 1. The van der Waals surface area contributed by atoms with Gasteiger partial charge in [-0.15, -0.1) is 5.10 Å². The van der Waals surface area contributed by atoms with Gasteiger partial charge >= 0.3 is 5.72 Å². The van der Waals surface area contributed by atoms with E-state index < -0.39 is 5.72 Å². The van der Waals surface area contributed by atoms with Gasteiger partial charge in [0.25, 0.3) is 0 Å². The number of halogens is 1. The van der Waals surface area contributed by atoms with Crippen molar-refractivity contribution >= 4 is 34.0 Å². The van der Waals surface area contributed by atoms with Crippen molar-refractivity contribution in [2.45, 2.75) is 19.6 Å². The Labute approximate surface area is 206 Å². The predicted molar refractivity (Wildman–Crippen MR) is 132 cm³/mol. The summed E-state index contributed by atoms with van der Waals surface area (Å²) >= 11 is 8.08. The van der Waals surface area contributed by atoms with Crippen molar-refractivity contribution in [3.8, 4) is 16.9 Å². The monoisotopic (exact) mass is 492 g/mol. The molecule has 0 aliphatic carbocycles. The topological polar surface area (TPSA) is 76.9 Å². The predicted octanol–water partition coefficient (Wildman–Crippen LogP) is 4.40. The van der Waals surface area contributed by atoms with Crippen LogP contribution in [0, 0.1) is 13.8 Å². The lowest BCUT2D eigenvalue weighted by Gasteiger charge is -2.22. The van der Waals surface area contributed by atoms with E-state index in [4.69, 9.17) is 16.3 Å². The molecule has 0 aliphatic rings. The molecule has 34 heavy (non-hydrogen) atoms. The van der Waals surface area contributed by atoms with E-state index in [1.54, 1.807) is 25.0 Å². The van der Waals surface area contributed by atoms with Crippen LogP contribution >= 0.6 is 23.1 Å². The van der Waals surface area contributed by atoms with Crippen LogP contribution in [0.2, 0.25) is 5.15 Å². The van der Waals surface area contributed by atoms with Crippen molar-refractivity contribution in [1.29, 1.82) is 0 Å². The third-order valence-corrected chi connectivity index (χ3v) is 7.31. The van der Waals surface area contributed by atoms with Crippen LogP contribution in [-0.4, -0.2) is 32.2 Å². The summed E-state index contributed by atoms with van der Waals surface area (Å²) < 4.78 is 9.32. The quantitative estimate of drug-likeness (QED) is 0.290. The molecule has 0 saturated heterocycles. The van der Waals surface area contributed by atoms with Crippen molar-refractivity contribution in [2.75, 3.05) is 7.11 Å². The zero-order valence-corrected chi connectivity index (χ0v) is 20.7. The summed E-state index contributed by atoms with van der Waals surface area (Å²) in [5.41, 5.74) is 2.79. The Balaban J connectivity index is 1.83. The highest BCUT2D eigenvalue weighted by atomic mass is 35.5. The molecule has 0 bridgehead atoms. The van der Waals surface area contributed by atoms with Crippen molar-refractivity contribution in [3.05, 3.63) is 87.8 Å². The van der Waals surface area contributed by atoms with E-state index >= 15 is 0 Å². The molecule has 1 unspecified atom stereocenters. The molecule has 1 N–H and O–H groups in total. The molecule has 5 rings (SSSR count). The zero-order valence-electron chi connectivity index (χ0n) is 19.2. The minimum absolute atomic E-state index is 0.355. The van der Waals surface area contributed by atoms with Crippen LogP contribution in [0.4, 0.5) is 0 Å². The molecule has 0 fully saturated rings. The zero-order chi connectivity index (χ0) is 24.0. The average Bonchev–Trinajstić information content (AvgIpc) is 3.42. The van der Waals surface area contributed by atoms with Gasteiger partial charge in [0.15, 0.2) is 11.4 Å². The van der Waals surface area contributed by atoms with Gasteiger partial charge in [0.1, 0.15) is 22.4 Å². The van der Waals surface area contributed by atoms with Crippen LogP contribution < -0.4 is 8.69 Å².